The van der Waals surface area contributed by atoms with Gasteiger partial charge in [-0.1, -0.05) is 24.3 Å². The zero-order chi connectivity index (χ0) is 16.1. The van der Waals surface area contributed by atoms with Crippen molar-refractivity contribution in [3.8, 4) is 0 Å². The molecule has 0 saturated carbocycles. The third-order valence-electron chi connectivity index (χ3n) is 3.98. The minimum absolute atomic E-state index is 0.0450. The van der Waals surface area contributed by atoms with Crippen LogP contribution in [0.4, 0.5) is 4.79 Å². The van der Waals surface area contributed by atoms with Crippen molar-refractivity contribution in [3.05, 3.63) is 48.0 Å². The van der Waals surface area contributed by atoms with Crippen molar-refractivity contribution in [1.82, 2.24) is 25.0 Å². The van der Waals surface area contributed by atoms with Gasteiger partial charge in [0, 0.05) is 13.1 Å². The molecular weight excluding hydrogens is 294 g/mol. The molecule has 2 aromatic rings. The molecule has 7 heteroatoms. The number of hydrogen-bond acceptors (Lipinski definition) is 4. The average molecular weight is 315 g/mol. The van der Waals surface area contributed by atoms with Gasteiger partial charge in [-0.2, -0.15) is 5.10 Å². The van der Waals surface area contributed by atoms with Gasteiger partial charge in [0.15, 0.2) is 0 Å². The topological polar surface area (TPSA) is 72.3 Å². The normalized spacial score (nSPS) is 18.0. The molecule has 1 N–H and O–H groups in total. The molecule has 1 fully saturated rings. The van der Waals surface area contributed by atoms with Crippen LogP contribution in [0.1, 0.15) is 18.1 Å². The number of ether oxygens (including phenoxy) is 1. The van der Waals surface area contributed by atoms with Crippen LogP contribution < -0.4 is 5.32 Å². The van der Waals surface area contributed by atoms with Crippen molar-refractivity contribution in [1.29, 1.82) is 0 Å². The van der Waals surface area contributed by atoms with Crippen LogP contribution in [0.15, 0.2) is 36.9 Å². The fourth-order valence-corrected chi connectivity index (χ4v) is 2.67. The number of aromatic nitrogens is 3. The molecule has 3 rings (SSSR count). The smallest absolute Gasteiger partial charge is 0.318 e. The Morgan fingerprint density at radius 1 is 1.39 bits per heavy atom. The van der Waals surface area contributed by atoms with Gasteiger partial charge in [-0.3, -0.25) is 0 Å². The molecule has 0 radical (unpaired) electrons. The second-order valence-corrected chi connectivity index (χ2v) is 5.64. The number of amides is 2. The lowest BCUT2D eigenvalue weighted by Gasteiger charge is -2.33. The number of urea groups is 1. The first-order valence-corrected chi connectivity index (χ1v) is 7.75. The maximum Gasteiger partial charge on any atom is 0.318 e. The highest BCUT2D eigenvalue weighted by molar-refractivity contribution is 5.74. The molecule has 0 aliphatic carbocycles. The van der Waals surface area contributed by atoms with Crippen LogP contribution in [0.2, 0.25) is 0 Å². The zero-order valence-corrected chi connectivity index (χ0v) is 13.2. The van der Waals surface area contributed by atoms with E-state index in [2.05, 4.69) is 15.4 Å². The first-order chi connectivity index (χ1) is 11.2. The molecule has 2 amide bonds. The van der Waals surface area contributed by atoms with Gasteiger partial charge < -0.3 is 15.0 Å². The number of benzene rings is 1. The molecule has 0 spiro atoms. The van der Waals surface area contributed by atoms with E-state index in [0.29, 0.717) is 32.8 Å². The third kappa shape index (κ3) is 3.87. The SMILES string of the molecule is C[C@H]1COCCN1C(=O)NCc1ccccc1Cn1cncn1. The van der Waals surface area contributed by atoms with Crippen LogP contribution in [0.25, 0.3) is 0 Å². The summed E-state index contributed by atoms with van der Waals surface area (Å²) in [5.41, 5.74) is 2.20. The highest BCUT2D eigenvalue weighted by Crippen LogP contribution is 2.11. The minimum Gasteiger partial charge on any atom is -0.377 e. The lowest BCUT2D eigenvalue weighted by Crippen LogP contribution is -2.51. The molecule has 1 saturated heterocycles. The molecule has 0 bridgehead atoms. The fourth-order valence-electron chi connectivity index (χ4n) is 2.67. The Hall–Kier alpha value is -2.41. The number of nitrogens with one attached hydrogen (secondary N) is 1. The highest BCUT2D eigenvalue weighted by Gasteiger charge is 2.23. The largest absolute Gasteiger partial charge is 0.377 e. The van der Waals surface area contributed by atoms with E-state index >= 15 is 0 Å². The van der Waals surface area contributed by atoms with E-state index in [1.54, 1.807) is 11.0 Å². The van der Waals surface area contributed by atoms with Gasteiger partial charge >= 0.3 is 6.03 Å². The van der Waals surface area contributed by atoms with E-state index < -0.39 is 0 Å². The summed E-state index contributed by atoms with van der Waals surface area (Å²) in [5.74, 6) is 0. The van der Waals surface area contributed by atoms with E-state index in [9.17, 15) is 4.79 Å². The van der Waals surface area contributed by atoms with Gasteiger partial charge in [0.1, 0.15) is 12.7 Å². The molecule has 0 unspecified atom stereocenters. The predicted octanol–water partition coefficient (Wildman–Crippen LogP) is 1.26. The van der Waals surface area contributed by atoms with Gasteiger partial charge in [0.05, 0.1) is 25.8 Å². The maximum atomic E-state index is 12.3. The summed E-state index contributed by atoms with van der Waals surface area (Å²) in [5, 5.41) is 7.13. The van der Waals surface area contributed by atoms with Crippen LogP contribution >= 0.6 is 0 Å². The molecule has 1 aromatic carbocycles. The number of hydrogen-bond donors (Lipinski definition) is 1. The number of rotatable bonds is 4. The molecule has 7 nitrogen and oxygen atoms in total. The monoisotopic (exact) mass is 315 g/mol. The lowest BCUT2D eigenvalue weighted by atomic mass is 10.1. The van der Waals surface area contributed by atoms with E-state index in [1.165, 1.54) is 6.33 Å². The number of morpholine rings is 1. The van der Waals surface area contributed by atoms with Crippen LogP contribution in [0.5, 0.6) is 0 Å². The molecule has 1 atom stereocenters. The van der Waals surface area contributed by atoms with Gasteiger partial charge in [0.25, 0.3) is 0 Å². The third-order valence-corrected chi connectivity index (χ3v) is 3.98. The van der Waals surface area contributed by atoms with Crippen molar-refractivity contribution in [2.45, 2.75) is 26.1 Å². The van der Waals surface area contributed by atoms with Crippen LogP contribution in [0.3, 0.4) is 0 Å². The summed E-state index contributed by atoms with van der Waals surface area (Å²) in [4.78, 5) is 18.1. The highest BCUT2D eigenvalue weighted by atomic mass is 16.5. The first-order valence-electron chi connectivity index (χ1n) is 7.75. The molecule has 1 aliphatic heterocycles. The molecule has 1 aliphatic rings. The van der Waals surface area contributed by atoms with Gasteiger partial charge in [-0.15, -0.1) is 0 Å². The van der Waals surface area contributed by atoms with E-state index in [0.717, 1.165) is 11.1 Å². The standard InChI is InChI=1S/C16H21N5O2/c1-13-10-23-7-6-21(13)16(22)18-8-14-4-2-3-5-15(14)9-20-12-17-11-19-20/h2-5,11-13H,6-10H2,1H3,(H,18,22)/t13-/m0/s1. The Kier molecular flexibility index (Phi) is 4.87. The lowest BCUT2D eigenvalue weighted by molar-refractivity contribution is 0.0189. The predicted molar refractivity (Wildman–Crippen MR) is 84.8 cm³/mol. The Balaban J connectivity index is 1.62. The Morgan fingerprint density at radius 3 is 2.96 bits per heavy atom. The summed E-state index contributed by atoms with van der Waals surface area (Å²) in [7, 11) is 0. The van der Waals surface area contributed by atoms with Crippen LogP contribution in [-0.4, -0.2) is 51.5 Å². The summed E-state index contributed by atoms with van der Waals surface area (Å²) in [6.45, 7) is 4.95. The van der Waals surface area contributed by atoms with Crippen molar-refractivity contribution in [2.75, 3.05) is 19.8 Å². The fraction of sp³-hybridized carbons (Fsp3) is 0.438. The van der Waals surface area contributed by atoms with Crippen molar-refractivity contribution >= 4 is 6.03 Å². The number of nitrogens with zero attached hydrogens (tertiary/aromatic N) is 4. The molecule has 1 aromatic heterocycles. The summed E-state index contributed by atoms with van der Waals surface area (Å²) in [6, 6.07) is 8.09. The Morgan fingerprint density at radius 2 is 2.22 bits per heavy atom. The van der Waals surface area contributed by atoms with E-state index in [1.807, 2.05) is 36.1 Å². The molecule has 122 valence electrons. The van der Waals surface area contributed by atoms with Crippen molar-refractivity contribution in [2.24, 2.45) is 0 Å². The summed E-state index contributed by atoms with van der Waals surface area (Å²) < 4.78 is 7.13. The van der Waals surface area contributed by atoms with E-state index in [-0.39, 0.29) is 12.1 Å². The molecular formula is C16H21N5O2. The maximum absolute atomic E-state index is 12.3. The van der Waals surface area contributed by atoms with Gasteiger partial charge in [0.2, 0.25) is 0 Å². The average Bonchev–Trinajstić information content (AvgIpc) is 3.07. The Bertz CT molecular complexity index is 644. The zero-order valence-electron chi connectivity index (χ0n) is 13.2. The quantitative estimate of drug-likeness (QED) is 0.922. The Labute approximate surface area is 135 Å². The van der Waals surface area contributed by atoms with E-state index in [4.69, 9.17) is 4.74 Å². The molecule has 2 heterocycles. The van der Waals surface area contributed by atoms with Gasteiger partial charge in [-0.25, -0.2) is 14.5 Å². The van der Waals surface area contributed by atoms with Crippen LogP contribution in [0, 0.1) is 0 Å². The van der Waals surface area contributed by atoms with Crippen LogP contribution in [-0.2, 0) is 17.8 Å². The summed E-state index contributed by atoms with van der Waals surface area (Å²) >= 11 is 0. The number of carbonyl (C=O) groups excluding carboxylic acids is 1. The second kappa shape index (κ2) is 7.23. The van der Waals surface area contributed by atoms with Crippen molar-refractivity contribution < 1.29 is 9.53 Å². The minimum atomic E-state index is -0.0450. The molecule has 23 heavy (non-hydrogen) atoms. The first kappa shape index (κ1) is 15.5. The van der Waals surface area contributed by atoms with Gasteiger partial charge in [-0.05, 0) is 18.1 Å². The van der Waals surface area contributed by atoms with Crippen molar-refractivity contribution in [3.63, 3.8) is 0 Å². The summed E-state index contributed by atoms with van der Waals surface area (Å²) in [6.07, 6.45) is 3.20. The second-order valence-electron chi connectivity index (χ2n) is 5.64. The number of carbonyl (C=O) groups is 1.